The molecule has 0 atom stereocenters. The maximum absolute atomic E-state index is 6.69. The van der Waals surface area contributed by atoms with Crippen LogP contribution in [0.15, 0.2) is 423 Å². The number of anilines is 6. The first-order valence-corrected chi connectivity index (χ1v) is 45.3. The number of benzene rings is 21. The van der Waals surface area contributed by atoms with Gasteiger partial charge >= 0.3 is 0 Å². The molecule has 6 aromatic heterocycles. The number of hydrogen-bond acceptors (Lipinski definition) is 3. The van der Waals surface area contributed by atoms with Gasteiger partial charge in [0.15, 0.2) is 0 Å². The zero-order chi connectivity index (χ0) is 85.7. The largest absolute Gasteiger partial charge is 0.456 e. The van der Waals surface area contributed by atoms with Gasteiger partial charge in [-0.25, -0.2) is 0 Å². The third-order valence-corrected chi connectivity index (χ3v) is 29.3. The Balaban J connectivity index is 0.000000131. The summed E-state index contributed by atoms with van der Waals surface area (Å²) in [5.74, 6) is 0. The molecule has 6 heterocycles. The van der Waals surface area contributed by atoms with Gasteiger partial charge in [0, 0.05) is 115 Å². The van der Waals surface area contributed by atoms with Crippen LogP contribution in [-0.2, 0) is 10.8 Å². The molecule has 0 fully saturated rings. The number of nitrogens with zero attached hydrogens (tertiary/aromatic N) is 5. The monoisotopic (exact) mass is 1660 g/mol. The summed E-state index contributed by atoms with van der Waals surface area (Å²) in [5.41, 5.74) is 35.4. The van der Waals surface area contributed by atoms with Gasteiger partial charge in [-0.15, -0.1) is 0 Å². The molecule has 0 aliphatic heterocycles. The van der Waals surface area contributed by atoms with Crippen molar-refractivity contribution < 1.29 is 4.42 Å². The van der Waals surface area contributed by atoms with E-state index in [-0.39, 0.29) is 10.8 Å². The van der Waals surface area contributed by atoms with Crippen molar-refractivity contribution in [2.45, 2.75) is 38.5 Å². The Morgan fingerprint density at radius 1 is 0.208 bits per heavy atom. The second-order valence-electron chi connectivity index (χ2n) is 37.1. The summed E-state index contributed by atoms with van der Waals surface area (Å²) in [7, 11) is 0. The third-order valence-electron chi connectivity index (χ3n) is 29.3. The molecule has 0 saturated heterocycles. The van der Waals surface area contributed by atoms with Crippen LogP contribution < -0.4 is 9.80 Å². The van der Waals surface area contributed by atoms with Crippen molar-refractivity contribution in [3.8, 4) is 50.2 Å². The number of furan rings is 1. The zero-order valence-corrected chi connectivity index (χ0v) is 72.0. The Hall–Kier alpha value is -16.5. The molecule has 27 aromatic rings. The maximum Gasteiger partial charge on any atom is 0.136 e. The first kappa shape index (κ1) is 72.7. The van der Waals surface area contributed by atoms with Crippen LogP contribution in [0.4, 0.5) is 34.1 Å². The van der Waals surface area contributed by atoms with Crippen LogP contribution in [0.3, 0.4) is 0 Å². The molecule has 0 spiro atoms. The van der Waals surface area contributed by atoms with Crippen LogP contribution in [0, 0.1) is 0 Å². The Kier molecular flexibility index (Phi) is 15.1. The molecular formula is C124H81N5O. The fourth-order valence-electron chi connectivity index (χ4n) is 23.3. The van der Waals surface area contributed by atoms with E-state index in [0.717, 1.165) is 56.4 Å². The van der Waals surface area contributed by atoms with Crippen LogP contribution in [0.1, 0.15) is 49.9 Å². The van der Waals surface area contributed by atoms with Crippen molar-refractivity contribution in [3.05, 3.63) is 441 Å². The molecule has 608 valence electrons. The second-order valence-corrected chi connectivity index (χ2v) is 37.1. The fraction of sp³-hybridized carbons (Fsp3) is 0.0484. The van der Waals surface area contributed by atoms with Crippen LogP contribution in [0.5, 0.6) is 0 Å². The average molecular weight is 1660 g/mol. The lowest BCUT2D eigenvalue weighted by molar-refractivity contribution is 0.660. The number of hydrogen-bond donors (Lipinski definition) is 0. The summed E-state index contributed by atoms with van der Waals surface area (Å²) < 4.78 is 14.3. The lowest BCUT2D eigenvalue weighted by Crippen LogP contribution is -2.14. The second kappa shape index (κ2) is 27.0. The quantitative estimate of drug-likeness (QED) is 0.144. The first-order valence-electron chi connectivity index (χ1n) is 45.3. The van der Waals surface area contributed by atoms with Gasteiger partial charge in [-0.3, -0.25) is 0 Å². The van der Waals surface area contributed by atoms with E-state index in [0.29, 0.717) is 0 Å². The Morgan fingerprint density at radius 3 is 1.07 bits per heavy atom. The summed E-state index contributed by atoms with van der Waals surface area (Å²) >= 11 is 0. The fourth-order valence-corrected chi connectivity index (χ4v) is 23.3. The van der Waals surface area contributed by atoms with Crippen molar-refractivity contribution in [1.29, 1.82) is 0 Å². The van der Waals surface area contributed by atoms with E-state index >= 15 is 0 Å². The highest BCUT2D eigenvalue weighted by Gasteiger charge is 2.38. The molecule has 0 saturated carbocycles. The summed E-state index contributed by atoms with van der Waals surface area (Å²) in [6.45, 7) is 9.45. The molecule has 2 aliphatic rings. The lowest BCUT2D eigenvalue weighted by atomic mass is 9.81. The Bertz CT molecular complexity index is 9410. The van der Waals surface area contributed by atoms with Gasteiger partial charge in [0.2, 0.25) is 0 Å². The van der Waals surface area contributed by atoms with Crippen molar-refractivity contribution in [3.63, 3.8) is 0 Å². The molecule has 6 heteroatoms. The first-order chi connectivity index (χ1) is 63.9. The topological polar surface area (TPSA) is 33.4 Å². The van der Waals surface area contributed by atoms with E-state index in [4.69, 9.17) is 4.42 Å². The number of fused-ring (bicyclic) bond motifs is 30. The van der Waals surface area contributed by atoms with E-state index in [1.165, 1.54) is 213 Å². The minimum Gasteiger partial charge on any atom is -0.456 e. The molecule has 29 rings (SSSR count). The lowest BCUT2D eigenvalue weighted by Gasteiger charge is -2.25. The van der Waals surface area contributed by atoms with Crippen molar-refractivity contribution in [1.82, 2.24) is 13.4 Å². The van der Waals surface area contributed by atoms with Gasteiger partial charge < -0.3 is 27.6 Å². The predicted octanol–water partition coefficient (Wildman–Crippen LogP) is 34.2. The minimum absolute atomic E-state index is 0.0493. The van der Waals surface area contributed by atoms with E-state index in [2.05, 4.69) is 469 Å². The Morgan fingerprint density at radius 2 is 0.577 bits per heavy atom. The van der Waals surface area contributed by atoms with Gasteiger partial charge in [-0.05, 0) is 292 Å². The van der Waals surface area contributed by atoms with Crippen LogP contribution >= 0.6 is 0 Å². The van der Waals surface area contributed by atoms with Crippen LogP contribution in [0.2, 0.25) is 0 Å². The molecule has 130 heavy (non-hydrogen) atoms. The van der Waals surface area contributed by atoms with Gasteiger partial charge in [-0.2, -0.15) is 0 Å². The maximum atomic E-state index is 6.69. The molecule has 0 radical (unpaired) electrons. The van der Waals surface area contributed by atoms with E-state index < -0.39 is 0 Å². The molecular weight excluding hydrogens is 1580 g/mol. The number of para-hydroxylation sites is 7. The molecule has 0 amide bonds. The highest BCUT2D eigenvalue weighted by Crippen LogP contribution is 2.56. The summed E-state index contributed by atoms with van der Waals surface area (Å²) in [4.78, 5) is 4.70. The van der Waals surface area contributed by atoms with Gasteiger partial charge in [0.25, 0.3) is 0 Å². The van der Waals surface area contributed by atoms with E-state index in [9.17, 15) is 0 Å². The highest BCUT2D eigenvalue weighted by molar-refractivity contribution is 6.38. The SMILES string of the molecule is CC1(C)c2ccccc2-c2ccc(-c3ccc4cc5c6cc7oc8ccccc8c7c7c8cc9ccc(-c%10ccc%11c(c%10)C(C)(C)c%10ccccc%10-%11)cc9cc8n(c5cc4c3)c67)cc21.c1ccc(N(c2ccccc2)c2ccc3cc4c5cc6c(c7ccccc7n6-c6ccccc6)c6c7cc8ccc(N(c9ccccc9)c9ccccc9)cc8cc7n(c4cc3c2)c56)cc1. The van der Waals surface area contributed by atoms with Crippen molar-refractivity contribution >= 4 is 197 Å². The molecule has 0 N–H and O–H groups in total. The normalized spacial score (nSPS) is 13.4. The molecule has 6 nitrogen and oxygen atoms in total. The third kappa shape index (κ3) is 10.4. The molecule has 0 unspecified atom stereocenters. The highest BCUT2D eigenvalue weighted by atomic mass is 16.3. The summed E-state index contributed by atoms with van der Waals surface area (Å²) in [5, 5.41) is 24.7. The zero-order valence-electron chi connectivity index (χ0n) is 72.0. The number of rotatable bonds is 9. The van der Waals surface area contributed by atoms with Crippen LogP contribution in [-0.4, -0.2) is 13.4 Å². The summed E-state index contributed by atoms with van der Waals surface area (Å²) in [6.07, 6.45) is 0. The Labute approximate surface area is 749 Å². The van der Waals surface area contributed by atoms with Crippen molar-refractivity contribution in [2.24, 2.45) is 0 Å². The van der Waals surface area contributed by atoms with Gasteiger partial charge in [0.05, 0.1) is 44.1 Å². The standard InChI is InChI=1S/C62H40N4.C62H41NO/c1-6-18-45(19-7-1)63(46-20-8-2-9-21-46)50-32-30-41-36-53-54-40-59-60(52-28-16-17-29-56(52)65(59)49-26-14-5-15-27-49)61-55-37-42-31-33-51(64(47-22-10-3-11-23-47)48-24-12-4-13-25-48)35-44(42)39-58(55)66(62(54)61)57(53)38-43(41)34-50;1-61(2)50-14-8-5-11-42(50)44-23-21-38(29-52(44)61)34-17-19-36-27-47-48-33-57-58(46-13-7-10-16-56(46)64-57)59-49-28-37-20-18-35(26-41(37)32-55(49)63(60(48)59)54(47)31-40(36)25-34)39-22-24-45-43-12-6-9-15-51(43)62(3,4)53(45)30-39/h1-40H;5-33H,1-4H3. The summed E-state index contributed by atoms with van der Waals surface area (Å²) in [6, 6.07) is 155. The van der Waals surface area contributed by atoms with E-state index in [1.807, 2.05) is 0 Å². The minimum atomic E-state index is -0.0512. The van der Waals surface area contributed by atoms with Gasteiger partial charge in [0.1, 0.15) is 11.2 Å². The number of aromatic nitrogens is 3. The molecule has 2 aliphatic carbocycles. The average Bonchev–Trinajstić information content (AvgIpc) is 1.53. The molecule has 21 aromatic carbocycles. The smallest absolute Gasteiger partial charge is 0.136 e. The van der Waals surface area contributed by atoms with Gasteiger partial charge in [-0.1, -0.05) is 264 Å². The molecule has 0 bridgehead atoms. The van der Waals surface area contributed by atoms with E-state index in [1.54, 1.807) is 0 Å². The van der Waals surface area contributed by atoms with Crippen LogP contribution in [0.25, 0.3) is 213 Å². The van der Waals surface area contributed by atoms with Crippen molar-refractivity contribution in [2.75, 3.05) is 9.80 Å². The predicted molar refractivity (Wildman–Crippen MR) is 549 cm³/mol.